The molecule has 0 bridgehead atoms. The molecule has 0 aromatic carbocycles. The first-order chi connectivity index (χ1) is 11.6. The molecule has 1 aromatic rings. The van der Waals surface area contributed by atoms with Crippen molar-refractivity contribution in [2.24, 2.45) is 17.5 Å². The van der Waals surface area contributed by atoms with E-state index in [0.717, 1.165) is 41.9 Å². The van der Waals surface area contributed by atoms with E-state index in [0.29, 0.717) is 12.2 Å². The fourth-order valence-electron chi connectivity index (χ4n) is 4.39. The smallest absolute Gasteiger partial charge is 0.226 e. The van der Waals surface area contributed by atoms with Crippen molar-refractivity contribution in [1.82, 2.24) is 9.88 Å². The molecule has 2 aliphatic carbocycles. The summed E-state index contributed by atoms with van der Waals surface area (Å²) in [4.78, 5) is 29.6. The first kappa shape index (κ1) is 13.7. The van der Waals surface area contributed by atoms with Gasteiger partial charge in [0.2, 0.25) is 5.78 Å². The number of hydrogen-bond acceptors (Lipinski definition) is 4. The molecule has 5 nitrogen and oxygen atoms in total. The lowest BCUT2D eigenvalue weighted by Crippen LogP contribution is -2.44. The van der Waals surface area contributed by atoms with Crippen molar-refractivity contribution in [3.63, 3.8) is 0 Å². The first-order valence-corrected chi connectivity index (χ1v) is 8.30. The molecule has 0 amide bonds. The Labute approximate surface area is 139 Å². The maximum Gasteiger partial charge on any atom is 0.226 e. The molecule has 120 valence electrons. The van der Waals surface area contributed by atoms with Gasteiger partial charge in [-0.15, -0.1) is 0 Å². The number of nitrogens with one attached hydrogen (secondary N) is 1. The van der Waals surface area contributed by atoms with Crippen LogP contribution in [0.15, 0.2) is 46.8 Å². The topological polar surface area (TPSA) is 63.5 Å². The fourth-order valence-corrected chi connectivity index (χ4v) is 4.39. The Morgan fingerprint density at radius 3 is 2.83 bits per heavy atom. The van der Waals surface area contributed by atoms with Crippen LogP contribution in [-0.4, -0.2) is 34.9 Å². The molecule has 0 unspecified atom stereocenters. The highest BCUT2D eigenvalue weighted by Crippen LogP contribution is 2.46. The Bertz CT molecular complexity index is 924. The molecule has 2 aliphatic heterocycles. The van der Waals surface area contributed by atoms with E-state index in [2.05, 4.69) is 11.5 Å². The van der Waals surface area contributed by atoms with Crippen molar-refractivity contribution in [1.29, 1.82) is 0 Å². The summed E-state index contributed by atoms with van der Waals surface area (Å²) in [6.45, 7) is 1.44. The summed E-state index contributed by atoms with van der Waals surface area (Å²) >= 11 is 0. The Balaban J connectivity index is 1.81. The van der Waals surface area contributed by atoms with E-state index in [1.54, 1.807) is 12.2 Å². The van der Waals surface area contributed by atoms with Gasteiger partial charge in [0.05, 0.1) is 11.4 Å². The van der Waals surface area contributed by atoms with E-state index < -0.39 is 5.41 Å². The highest BCUT2D eigenvalue weighted by Gasteiger charge is 2.46. The molecular formula is C19H17N3O2. The van der Waals surface area contributed by atoms with E-state index in [1.807, 2.05) is 23.8 Å². The van der Waals surface area contributed by atoms with E-state index in [4.69, 9.17) is 4.99 Å². The third kappa shape index (κ3) is 1.57. The summed E-state index contributed by atoms with van der Waals surface area (Å²) in [5.74, 6) is 0.0301. The largest absolute Gasteiger partial charge is 0.381 e. The molecule has 1 N–H and O–H groups in total. The minimum Gasteiger partial charge on any atom is -0.381 e. The number of hydrogen-bond donors (Lipinski definition) is 1. The van der Waals surface area contributed by atoms with Gasteiger partial charge in [-0.1, -0.05) is 12.2 Å². The van der Waals surface area contributed by atoms with Crippen molar-refractivity contribution in [3.8, 4) is 0 Å². The molecule has 5 heteroatoms. The van der Waals surface area contributed by atoms with E-state index in [1.165, 1.54) is 5.56 Å². The maximum atomic E-state index is 13.1. The second-order valence-electron chi connectivity index (χ2n) is 6.83. The number of Topliss-reactive ketones (excluding diaryl/α,β-unsaturated/α-hetero) is 1. The SMILES string of the molecule is Cn1cc2c3c1C(=O)C1=C(C3=NCC2)C2(C=CC(=O)C=C2)CCN1. The van der Waals surface area contributed by atoms with Crippen LogP contribution in [-0.2, 0) is 18.3 Å². The monoisotopic (exact) mass is 319 g/mol. The third-order valence-electron chi connectivity index (χ3n) is 5.47. The van der Waals surface area contributed by atoms with Crippen LogP contribution in [0.4, 0.5) is 0 Å². The van der Waals surface area contributed by atoms with Gasteiger partial charge in [0.25, 0.3) is 0 Å². The lowest BCUT2D eigenvalue weighted by atomic mass is 9.66. The standard InChI is InChI=1S/C19H17N3O2/c1-22-10-11-4-8-20-15-13(11)17(22)18(24)16-14(15)19(7-9-21-16)5-2-12(23)3-6-19/h2-3,5-6,10,21H,4,7-9H2,1H3. The predicted octanol–water partition coefficient (Wildman–Crippen LogP) is 1.50. The number of ketones is 2. The molecule has 4 aliphatic rings. The summed E-state index contributed by atoms with van der Waals surface area (Å²) < 4.78 is 1.93. The summed E-state index contributed by atoms with van der Waals surface area (Å²) in [5.41, 5.74) is 5.02. The highest BCUT2D eigenvalue weighted by molar-refractivity contribution is 6.30. The van der Waals surface area contributed by atoms with Gasteiger partial charge >= 0.3 is 0 Å². The van der Waals surface area contributed by atoms with Crippen molar-refractivity contribution >= 4 is 17.3 Å². The van der Waals surface area contributed by atoms with Crippen molar-refractivity contribution in [2.45, 2.75) is 12.8 Å². The van der Waals surface area contributed by atoms with Gasteiger partial charge in [-0.25, -0.2) is 0 Å². The van der Waals surface area contributed by atoms with E-state index in [-0.39, 0.29) is 11.6 Å². The first-order valence-electron chi connectivity index (χ1n) is 8.30. The van der Waals surface area contributed by atoms with Crippen molar-refractivity contribution < 1.29 is 9.59 Å². The van der Waals surface area contributed by atoms with Gasteiger partial charge in [-0.3, -0.25) is 14.6 Å². The average molecular weight is 319 g/mol. The molecule has 3 heterocycles. The van der Waals surface area contributed by atoms with Crippen LogP contribution in [0.3, 0.4) is 0 Å². The van der Waals surface area contributed by atoms with Gasteiger partial charge in [-0.2, -0.15) is 0 Å². The van der Waals surface area contributed by atoms with Crippen LogP contribution < -0.4 is 5.32 Å². The summed E-state index contributed by atoms with van der Waals surface area (Å²) in [6, 6.07) is 0. The molecule has 0 atom stereocenters. The molecular weight excluding hydrogens is 302 g/mol. The quantitative estimate of drug-likeness (QED) is 0.788. The number of aryl methyl sites for hydroxylation is 1. The second kappa shape index (κ2) is 4.44. The lowest BCUT2D eigenvalue weighted by Gasteiger charge is -2.41. The Morgan fingerprint density at radius 2 is 2.04 bits per heavy atom. The number of carbonyl (C=O) groups excluding carboxylic acids is 2. The maximum absolute atomic E-state index is 13.1. The van der Waals surface area contributed by atoms with Crippen LogP contribution in [0.25, 0.3) is 0 Å². The zero-order valence-corrected chi connectivity index (χ0v) is 13.4. The van der Waals surface area contributed by atoms with Gasteiger partial charge in [0.15, 0.2) is 5.78 Å². The fraction of sp³-hybridized carbons (Fsp3) is 0.316. The number of nitrogens with zero attached hydrogens (tertiary/aromatic N) is 2. The Morgan fingerprint density at radius 1 is 1.25 bits per heavy atom. The number of aromatic nitrogens is 1. The summed E-state index contributed by atoms with van der Waals surface area (Å²) in [5, 5.41) is 3.30. The number of allylic oxidation sites excluding steroid dienone is 6. The normalized spacial score (nSPS) is 23.1. The Kier molecular flexibility index (Phi) is 2.54. The van der Waals surface area contributed by atoms with Crippen LogP contribution in [0, 0.1) is 5.41 Å². The predicted molar refractivity (Wildman–Crippen MR) is 90.2 cm³/mol. The number of rotatable bonds is 0. The van der Waals surface area contributed by atoms with E-state index >= 15 is 0 Å². The molecule has 0 saturated carbocycles. The lowest BCUT2D eigenvalue weighted by molar-refractivity contribution is -0.110. The molecule has 0 radical (unpaired) electrons. The van der Waals surface area contributed by atoms with Crippen LogP contribution >= 0.6 is 0 Å². The van der Waals surface area contributed by atoms with Crippen molar-refractivity contribution in [3.05, 3.63) is 58.6 Å². The summed E-state index contributed by atoms with van der Waals surface area (Å²) in [6.07, 6.45) is 10.9. The summed E-state index contributed by atoms with van der Waals surface area (Å²) in [7, 11) is 1.92. The van der Waals surface area contributed by atoms with E-state index in [9.17, 15) is 9.59 Å². The Hall–Kier alpha value is -2.69. The highest BCUT2D eigenvalue weighted by atomic mass is 16.1. The molecule has 0 saturated heterocycles. The zero-order valence-electron chi connectivity index (χ0n) is 13.4. The third-order valence-corrected chi connectivity index (χ3v) is 5.47. The molecule has 5 rings (SSSR count). The number of fused-ring (bicyclic) bond motifs is 2. The van der Waals surface area contributed by atoms with Crippen LogP contribution in [0.1, 0.15) is 28.0 Å². The molecule has 1 spiro atoms. The number of carbonyl (C=O) groups is 2. The van der Waals surface area contributed by atoms with Gasteiger partial charge in [-0.05, 0) is 30.6 Å². The van der Waals surface area contributed by atoms with Gasteiger partial charge < -0.3 is 9.88 Å². The van der Waals surface area contributed by atoms with Gasteiger partial charge in [0.1, 0.15) is 5.69 Å². The minimum absolute atomic E-state index is 0.00452. The van der Waals surface area contributed by atoms with Crippen LogP contribution in [0.2, 0.25) is 0 Å². The molecule has 24 heavy (non-hydrogen) atoms. The van der Waals surface area contributed by atoms with Gasteiger partial charge in [0, 0.05) is 42.9 Å². The average Bonchev–Trinajstić information content (AvgIpc) is 2.92. The van der Waals surface area contributed by atoms with Crippen molar-refractivity contribution in [2.75, 3.05) is 13.1 Å². The zero-order chi connectivity index (χ0) is 16.5. The number of aliphatic imine (C=N–C) groups is 1. The second-order valence-corrected chi connectivity index (χ2v) is 6.83. The minimum atomic E-state index is -0.412. The van der Waals surface area contributed by atoms with Crippen LogP contribution in [0.5, 0.6) is 0 Å². The molecule has 1 aromatic heterocycles. The molecule has 0 fully saturated rings.